The second kappa shape index (κ2) is 5.45. The highest BCUT2D eigenvalue weighted by atomic mass is 15.5. The number of hydrogen-bond donors (Lipinski definition) is 1. The maximum atomic E-state index is 4.53. The Hall–Kier alpha value is -3.22. The first-order chi connectivity index (χ1) is 11.6. The van der Waals surface area contributed by atoms with Crippen molar-refractivity contribution in [3.05, 3.63) is 59.3 Å². The topological polar surface area (TPSA) is 76.7 Å². The molecular weight excluding hydrogens is 302 g/mol. The minimum absolute atomic E-state index is 0.564. The van der Waals surface area contributed by atoms with Crippen LogP contribution in [0.4, 0.5) is 0 Å². The molecule has 7 nitrogen and oxygen atoms in total. The number of hydrogen-bond acceptors (Lipinski definition) is 4. The normalized spacial score (nSPS) is 11.8. The Bertz CT molecular complexity index is 1050. The molecule has 7 heteroatoms. The first-order valence-electron chi connectivity index (χ1n) is 7.69. The van der Waals surface area contributed by atoms with E-state index in [0.717, 1.165) is 33.5 Å². The number of aryl methyl sites for hydroxylation is 3. The molecule has 1 N–H and O–H groups in total. The molecule has 24 heavy (non-hydrogen) atoms. The van der Waals surface area contributed by atoms with Crippen LogP contribution >= 0.6 is 0 Å². The Morgan fingerprint density at radius 2 is 2.00 bits per heavy atom. The van der Waals surface area contributed by atoms with Gasteiger partial charge in [0.1, 0.15) is 6.33 Å². The van der Waals surface area contributed by atoms with Crippen LogP contribution in [0.3, 0.4) is 0 Å². The standard InChI is InChI=1S/C17H17N7/c1-11-8-12(2)24(22-11)17-21-18-10-23(17)19-9-15-13(3)20-16-7-5-4-6-14(15)16/h4-10,20H,1-3H3/b19-9+. The lowest BCUT2D eigenvalue weighted by atomic mass is 10.1. The summed E-state index contributed by atoms with van der Waals surface area (Å²) in [5, 5.41) is 18.2. The fourth-order valence-electron chi connectivity index (χ4n) is 2.86. The van der Waals surface area contributed by atoms with Crippen molar-refractivity contribution in [1.29, 1.82) is 0 Å². The van der Waals surface area contributed by atoms with Crippen LogP contribution in [0.2, 0.25) is 0 Å². The summed E-state index contributed by atoms with van der Waals surface area (Å²) in [6, 6.07) is 10.2. The van der Waals surface area contributed by atoms with Crippen molar-refractivity contribution in [1.82, 2.24) is 29.6 Å². The molecule has 0 saturated carbocycles. The van der Waals surface area contributed by atoms with Crippen LogP contribution in [-0.4, -0.2) is 35.9 Å². The molecule has 0 amide bonds. The summed E-state index contributed by atoms with van der Waals surface area (Å²) in [5.74, 6) is 0.564. The molecule has 0 aliphatic rings. The molecule has 3 heterocycles. The van der Waals surface area contributed by atoms with E-state index in [-0.39, 0.29) is 0 Å². The number of fused-ring (bicyclic) bond motifs is 1. The molecule has 0 bridgehead atoms. The van der Waals surface area contributed by atoms with Crippen molar-refractivity contribution in [2.24, 2.45) is 5.10 Å². The maximum absolute atomic E-state index is 4.53. The van der Waals surface area contributed by atoms with Gasteiger partial charge in [0.05, 0.1) is 11.9 Å². The molecule has 0 radical (unpaired) electrons. The quantitative estimate of drug-likeness (QED) is 0.590. The van der Waals surface area contributed by atoms with Gasteiger partial charge < -0.3 is 4.98 Å². The second-order valence-corrected chi connectivity index (χ2v) is 5.77. The Labute approximate surface area is 138 Å². The molecule has 0 fully saturated rings. The van der Waals surface area contributed by atoms with Crippen LogP contribution < -0.4 is 0 Å². The maximum Gasteiger partial charge on any atom is 0.273 e. The summed E-state index contributed by atoms with van der Waals surface area (Å²) in [5.41, 5.74) is 5.14. The molecule has 4 aromatic rings. The number of aromatic nitrogens is 6. The predicted octanol–water partition coefficient (Wildman–Crippen LogP) is 2.75. The second-order valence-electron chi connectivity index (χ2n) is 5.77. The van der Waals surface area contributed by atoms with Gasteiger partial charge in [-0.25, -0.2) is 4.68 Å². The van der Waals surface area contributed by atoms with Gasteiger partial charge in [0.25, 0.3) is 5.95 Å². The molecule has 1 aromatic carbocycles. The first kappa shape index (κ1) is 14.4. The van der Waals surface area contributed by atoms with E-state index in [9.17, 15) is 0 Å². The third-order valence-electron chi connectivity index (χ3n) is 3.97. The van der Waals surface area contributed by atoms with Crippen LogP contribution in [-0.2, 0) is 0 Å². The van der Waals surface area contributed by atoms with E-state index in [1.807, 2.05) is 45.2 Å². The molecule has 0 spiro atoms. The highest BCUT2D eigenvalue weighted by Gasteiger charge is 2.11. The average Bonchev–Trinajstić information content (AvgIpc) is 3.22. The third kappa shape index (κ3) is 2.30. The largest absolute Gasteiger partial charge is 0.358 e. The SMILES string of the molecule is Cc1cc(C)n(-c2nncn2/N=C/c2c(C)[nH]c3ccccc23)n1. The van der Waals surface area contributed by atoms with Gasteiger partial charge in [-0.1, -0.05) is 18.2 Å². The van der Waals surface area contributed by atoms with Crippen molar-refractivity contribution in [3.63, 3.8) is 0 Å². The van der Waals surface area contributed by atoms with Gasteiger partial charge in [-0.05, 0) is 32.9 Å². The van der Waals surface area contributed by atoms with Crippen molar-refractivity contribution in [2.75, 3.05) is 0 Å². The Morgan fingerprint density at radius 1 is 1.17 bits per heavy atom. The minimum atomic E-state index is 0.564. The Kier molecular flexibility index (Phi) is 3.26. The minimum Gasteiger partial charge on any atom is -0.358 e. The van der Waals surface area contributed by atoms with Crippen LogP contribution in [0.15, 0.2) is 41.8 Å². The molecule has 0 aliphatic carbocycles. The van der Waals surface area contributed by atoms with E-state index >= 15 is 0 Å². The number of nitrogens with one attached hydrogen (secondary N) is 1. The summed E-state index contributed by atoms with van der Waals surface area (Å²) in [4.78, 5) is 3.37. The lowest BCUT2D eigenvalue weighted by molar-refractivity contribution is 0.717. The molecule has 0 saturated heterocycles. The van der Waals surface area contributed by atoms with E-state index in [1.54, 1.807) is 15.7 Å². The van der Waals surface area contributed by atoms with Crippen molar-refractivity contribution < 1.29 is 0 Å². The zero-order valence-electron chi connectivity index (χ0n) is 13.7. The van der Waals surface area contributed by atoms with Crippen LogP contribution in [0, 0.1) is 20.8 Å². The Balaban J connectivity index is 1.76. The first-order valence-corrected chi connectivity index (χ1v) is 7.69. The van der Waals surface area contributed by atoms with Crippen LogP contribution in [0.1, 0.15) is 22.6 Å². The Morgan fingerprint density at radius 3 is 2.79 bits per heavy atom. The lowest BCUT2D eigenvalue weighted by Crippen LogP contribution is -2.06. The monoisotopic (exact) mass is 319 g/mol. The van der Waals surface area contributed by atoms with Crippen LogP contribution in [0.5, 0.6) is 0 Å². The fraction of sp³-hybridized carbons (Fsp3) is 0.176. The van der Waals surface area contributed by atoms with E-state index < -0.39 is 0 Å². The van der Waals surface area contributed by atoms with Crippen molar-refractivity contribution in [2.45, 2.75) is 20.8 Å². The van der Waals surface area contributed by atoms with Crippen molar-refractivity contribution >= 4 is 17.1 Å². The zero-order chi connectivity index (χ0) is 16.7. The molecule has 0 atom stereocenters. The number of benzene rings is 1. The smallest absolute Gasteiger partial charge is 0.273 e. The van der Waals surface area contributed by atoms with Gasteiger partial charge in [-0.2, -0.15) is 14.9 Å². The number of para-hydroxylation sites is 1. The molecule has 3 aromatic heterocycles. The van der Waals surface area contributed by atoms with Gasteiger partial charge in [-0.3, -0.25) is 0 Å². The molecular formula is C17H17N7. The van der Waals surface area contributed by atoms with Crippen molar-refractivity contribution in [3.8, 4) is 5.95 Å². The van der Waals surface area contributed by atoms with E-state index in [4.69, 9.17) is 0 Å². The number of rotatable bonds is 3. The average molecular weight is 319 g/mol. The summed E-state index contributed by atoms with van der Waals surface area (Å²) >= 11 is 0. The summed E-state index contributed by atoms with van der Waals surface area (Å²) in [6.07, 6.45) is 3.40. The van der Waals surface area contributed by atoms with E-state index in [2.05, 4.69) is 37.5 Å². The van der Waals surface area contributed by atoms with Gasteiger partial charge in [0, 0.05) is 27.9 Å². The molecule has 0 aliphatic heterocycles. The van der Waals surface area contributed by atoms with Gasteiger partial charge in [-0.15, -0.1) is 10.2 Å². The van der Waals surface area contributed by atoms with Crippen LogP contribution in [0.25, 0.3) is 16.9 Å². The lowest BCUT2D eigenvalue weighted by Gasteiger charge is -2.02. The highest BCUT2D eigenvalue weighted by Crippen LogP contribution is 2.20. The summed E-state index contributed by atoms with van der Waals surface area (Å²) < 4.78 is 3.36. The summed E-state index contributed by atoms with van der Waals surface area (Å²) in [7, 11) is 0. The number of H-pyrrole nitrogens is 1. The fourth-order valence-corrected chi connectivity index (χ4v) is 2.86. The molecule has 120 valence electrons. The van der Waals surface area contributed by atoms with Gasteiger partial charge >= 0.3 is 0 Å². The van der Waals surface area contributed by atoms with E-state index in [1.165, 1.54) is 0 Å². The van der Waals surface area contributed by atoms with Gasteiger partial charge in [0.15, 0.2) is 0 Å². The summed E-state index contributed by atoms with van der Waals surface area (Å²) in [6.45, 7) is 5.96. The molecule has 4 rings (SSSR count). The third-order valence-corrected chi connectivity index (χ3v) is 3.97. The number of aromatic amines is 1. The zero-order valence-corrected chi connectivity index (χ0v) is 13.7. The highest BCUT2D eigenvalue weighted by molar-refractivity contribution is 6.00. The molecule has 0 unspecified atom stereocenters. The van der Waals surface area contributed by atoms with E-state index in [0.29, 0.717) is 5.95 Å². The van der Waals surface area contributed by atoms with Gasteiger partial charge in [0.2, 0.25) is 0 Å². The number of nitrogens with zero attached hydrogens (tertiary/aromatic N) is 6. The predicted molar refractivity (Wildman–Crippen MR) is 92.6 cm³/mol.